The van der Waals surface area contributed by atoms with Crippen molar-refractivity contribution in [3.63, 3.8) is 0 Å². The zero-order chi connectivity index (χ0) is 10.3. The lowest BCUT2D eigenvalue weighted by molar-refractivity contribution is -0.214. The van der Waals surface area contributed by atoms with Gasteiger partial charge in [-0.3, -0.25) is 0 Å². The first-order valence-corrected chi connectivity index (χ1v) is 4.20. The lowest BCUT2D eigenvalue weighted by Gasteiger charge is -2.03. The Morgan fingerprint density at radius 3 is 2.86 bits per heavy atom. The third-order valence-electron chi connectivity index (χ3n) is 1.92. The monoisotopic (exact) mass is 211 g/mol. The Bertz CT molecular complexity index is 521. The van der Waals surface area contributed by atoms with E-state index >= 15 is 0 Å². The molecule has 0 radical (unpaired) electrons. The van der Waals surface area contributed by atoms with Crippen molar-refractivity contribution in [2.24, 2.45) is 0 Å². The standard InChI is InChI=1S/C9H6ClFN2O/c10-7-5-3-4(11)1-2-6(5)13-8(7)9(12)14/h1-3,13H,(H2,12,14)/p-1. The average Bonchev–Trinajstić information content (AvgIpc) is 2.44. The number of hydrogen-bond acceptors (Lipinski definition) is 2. The molecule has 2 aromatic rings. The van der Waals surface area contributed by atoms with E-state index in [1.54, 1.807) is 0 Å². The number of aromatic amines is 1. The van der Waals surface area contributed by atoms with Crippen molar-refractivity contribution in [3.8, 4) is 0 Å². The normalized spacial score (nSPS) is 10.7. The number of hydrogen-bond donors (Lipinski definition) is 2. The van der Waals surface area contributed by atoms with Crippen molar-refractivity contribution in [1.29, 1.82) is 5.41 Å². The van der Waals surface area contributed by atoms with Gasteiger partial charge in [0.1, 0.15) is 5.82 Å². The van der Waals surface area contributed by atoms with Crippen molar-refractivity contribution in [3.05, 3.63) is 34.7 Å². The number of fused-ring (bicyclic) bond motifs is 1. The van der Waals surface area contributed by atoms with E-state index in [4.69, 9.17) is 17.0 Å². The van der Waals surface area contributed by atoms with E-state index in [-0.39, 0.29) is 10.7 Å². The van der Waals surface area contributed by atoms with E-state index in [0.29, 0.717) is 10.9 Å². The second kappa shape index (κ2) is 2.99. The predicted molar refractivity (Wildman–Crippen MR) is 50.1 cm³/mol. The predicted octanol–water partition coefficient (Wildman–Crippen LogP) is 1.65. The molecule has 1 aromatic heterocycles. The molecule has 0 saturated carbocycles. The highest BCUT2D eigenvalue weighted by atomic mass is 35.5. The van der Waals surface area contributed by atoms with Gasteiger partial charge in [-0.25, -0.2) is 4.39 Å². The molecule has 0 amide bonds. The highest BCUT2D eigenvalue weighted by molar-refractivity contribution is 6.38. The van der Waals surface area contributed by atoms with Crippen molar-refractivity contribution in [1.82, 2.24) is 4.98 Å². The topological polar surface area (TPSA) is 62.7 Å². The van der Waals surface area contributed by atoms with Gasteiger partial charge in [-0.15, -0.1) is 0 Å². The minimum Gasteiger partial charge on any atom is -0.858 e. The van der Waals surface area contributed by atoms with E-state index in [2.05, 4.69) is 4.98 Å². The minimum atomic E-state index is -0.911. The van der Waals surface area contributed by atoms with Crippen LogP contribution in [0.2, 0.25) is 5.02 Å². The van der Waals surface area contributed by atoms with Gasteiger partial charge in [0.05, 0.1) is 10.7 Å². The molecular weight excluding hydrogens is 207 g/mol. The van der Waals surface area contributed by atoms with Crippen LogP contribution in [0.4, 0.5) is 4.39 Å². The van der Waals surface area contributed by atoms with E-state index in [9.17, 15) is 9.50 Å². The summed E-state index contributed by atoms with van der Waals surface area (Å²) in [5.74, 6) is -1.34. The summed E-state index contributed by atoms with van der Waals surface area (Å²) in [7, 11) is 0. The van der Waals surface area contributed by atoms with E-state index in [1.165, 1.54) is 18.2 Å². The summed E-state index contributed by atoms with van der Waals surface area (Å²) >= 11 is 5.79. The molecule has 0 aliphatic rings. The first-order chi connectivity index (χ1) is 6.59. The molecule has 3 nitrogen and oxygen atoms in total. The zero-order valence-electron chi connectivity index (χ0n) is 6.90. The average molecular weight is 212 g/mol. The first-order valence-electron chi connectivity index (χ1n) is 3.82. The van der Waals surface area contributed by atoms with Gasteiger partial charge in [0.2, 0.25) is 0 Å². The lowest BCUT2D eigenvalue weighted by atomic mass is 10.2. The Labute approximate surface area is 83.6 Å². The fraction of sp³-hybridized carbons (Fsp3) is 0. The van der Waals surface area contributed by atoms with Crippen LogP contribution >= 0.6 is 11.6 Å². The van der Waals surface area contributed by atoms with Crippen LogP contribution in [0, 0.1) is 11.2 Å². The summed E-state index contributed by atoms with van der Waals surface area (Å²) in [6, 6.07) is 3.96. The first kappa shape index (κ1) is 9.02. The van der Waals surface area contributed by atoms with Crippen molar-refractivity contribution >= 4 is 28.4 Å². The van der Waals surface area contributed by atoms with Crippen LogP contribution in [0.25, 0.3) is 10.9 Å². The summed E-state index contributed by atoms with van der Waals surface area (Å²) in [6.07, 6.45) is 0. The van der Waals surface area contributed by atoms with Crippen molar-refractivity contribution in [2.75, 3.05) is 0 Å². The van der Waals surface area contributed by atoms with E-state index < -0.39 is 11.7 Å². The molecule has 0 spiro atoms. The van der Waals surface area contributed by atoms with E-state index in [1.807, 2.05) is 0 Å². The number of H-pyrrole nitrogens is 1. The van der Waals surface area contributed by atoms with Gasteiger partial charge in [0, 0.05) is 16.8 Å². The smallest absolute Gasteiger partial charge is 0.124 e. The Morgan fingerprint density at radius 2 is 2.21 bits per heavy atom. The van der Waals surface area contributed by atoms with Crippen LogP contribution in [0.15, 0.2) is 18.2 Å². The molecule has 0 bridgehead atoms. The molecule has 0 saturated heterocycles. The van der Waals surface area contributed by atoms with Crippen molar-refractivity contribution in [2.45, 2.75) is 0 Å². The molecule has 2 rings (SSSR count). The van der Waals surface area contributed by atoms with Gasteiger partial charge in [-0.05, 0) is 18.2 Å². The molecule has 0 fully saturated rings. The maximum Gasteiger partial charge on any atom is 0.124 e. The van der Waals surface area contributed by atoms with Gasteiger partial charge < -0.3 is 15.5 Å². The van der Waals surface area contributed by atoms with Crippen molar-refractivity contribution < 1.29 is 9.50 Å². The number of rotatable bonds is 1. The Morgan fingerprint density at radius 1 is 1.50 bits per heavy atom. The summed E-state index contributed by atoms with van der Waals surface area (Å²) in [5, 5.41) is 18.2. The maximum absolute atomic E-state index is 12.8. The minimum absolute atomic E-state index is 0.00716. The third-order valence-corrected chi connectivity index (χ3v) is 2.32. The largest absolute Gasteiger partial charge is 0.858 e. The summed E-state index contributed by atoms with van der Waals surface area (Å²) < 4.78 is 12.8. The number of nitrogens with one attached hydrogen (secondary N) is 2. The van der Waals surface area contributed by atoms with Crippen LogP contribution in [0.1, 0.15) is 5.69 Å². The highest BCUT2D eigenvalue weighted by Gasteiger charge is 2.09. The molecular formula is C9H5ClFN2O-. The molecule has 2 N–H and O–H groups in total. The number of aromatic nitrogens is 1. The molecule has 0 aliphatic carbocycles. The van der Waals surface area contributed by atoms with Crippen LogP contribution in [0.5, 0.6) is 0 Å². The second-order valence-corrected chi connectivity index (χ2v) is 3.21. The quantitative estimate of drug-likeness (QED) is 0.547. The van der Waals surface area contributed by atoms with Gasteiger partial charge >= 0.3 is 0 Å². The van der Waals surface area contributed by atoms with Gasteiger partial charge in [0.25, 0.3) is 0 Å². The summed E-state index contributed by atoms with van der Waals surface area (Å²) in [5.41, 5.74) is 0.541. The fourth-order valence-electron chi connectivity index (χ4n) is 1.29. The number of halogens is 2. The highest BCUT2D eigenvalue weighted by Crippen LogP contribution is 2.27. The molecule has 72 valence electrons. The number of benzene rings is 1. The summed E-state index contributed by atoms with van der Waals surface area (Å²) in [6.45, 7) is 0. The molecule has 0 unspecified atom stereocenters. The van der Waals surface area contributed by atoms with Crippen LogP contribution < -0.4 is 5.11 Å². The molecule has 5 heteroatoms. The van der Waals surface area contributed by atoms with Crippen LogP contribution in [0.3, 0.4) is 0 Å². The lowest BCUT2D eigenvalue weighted by Crippen LogP contribution is -2.17. The third kappa shape index (κ3) is 1.24. The van der Waals surface area contributed by atoms with Gasteiger partial charge in [-0.2, -0.15) is 0 Å². The summed E-state index contributed by atoms with van der Waals surface area (Å²) in [4.78, 5) is 2.65. The maximum atomic E-state index is 12.8. The second-order valence-electron chi connectivity index (χ2n) is 2.83. The molecule has 0 atom stereocenters. The van der Waals surface area contributed by atoms with Gasteiger partial charge in [0.15, 0.2) is 0 Å². The Hall–Kier alpha value is -1.55. The molecule has 0 aliphatic heterocycles. The molecule has 1 aromatic carbocycles. The van der Waals surface area contributed by atoms with Crippen LogP contribution in [-0.2, 0) is 0 Å². The molecule has 1 heterocycles. The van der Waals surface area contributed by atoms with E-state index in [0.717, 1.165) is 0 Å². The SMILES string of the molecule is N=C([O-])c1[nH]c2ccc(F)cc2c1Cl. The van der Waals surface area contributed by atoms with Crippen LogP contribution in [-0.4, -0.2) is 10.9 Å². The van der Waals surface area contributed by atoms with Gasteiger partial charge in [-0.1, -0.05) is 11.6 Å². The Balaban J connectivity index is 2.80. The fourth-order valence-corrected chi connectivity index (χ4v) is 1.58. The zero-order valence-corrected chi connectivity index (χ0v) is 7.65. The molecule has 14 heavy (non-hydrogen) atoms. The Kier molecular flexibility index (Phi) is 1.93.